The van der Waals surface area contributed by atoms with Crippen LogP contribution in [-0.2, 0) is 14.2 Å². The summed E-state index contributed by atoms with van der Waals surface area (Å²) in [6.07, 6.45) is 1.61. The van der Waals surface area contributed by atoms with Crippen molar-refractivity contribution in [3.63, 3.8) is 0 Å². The van der Waals surface area contributed by atoms with E-state index in [1.807, 2.05) is 0 Å². The highest BCUT2D eigenvalue weighted by Crippen LogP contribution is 2.14. The van der Waals surface area contributed by atoms with E-state index in [0.717, 1.165) is 26.1 Å². The Kier molecular flexibility index (Phi) is 5.60. The van der Waals surface area contributed by atoms with Gasteiger partial charge in [0.2, 0.25) is 0 Å². The Bertz CT molecular complexity index is 199. The number of ether oxygens (including phenoxy) is 3. The molecule has 1 heterocycles. The summed E-state index contributed by atoms with van der Waals surface area (Å²) < 4.78 is 15.3. The second-order valence-corrected chi connectivity index (χ2v) is 3.55. The number of hydrogen-bond acceptors (Lipinski definition) is 4. The molecule has 0 aromatic carbocycles. The molecule has 5 heteroatoms. The van der Waals surface area contributed by atoms with Crippen LogP contribution in [0.3, 0.4) is 0 Å². The maximum Gasteiger partial charge on any atom is 0.176 e. The van der Waals surface area contributed by atoms with Crippen molar-refractivity contribution in [2.75, 3.05) is 34.0 Å². The van der Waals surface area contributed by atoms with Crippen LogP contribution in [0.1, 0.15) is 12.8 Å². The van der Waals surface area contributed by atoms with Crippen molar-refractivity contribution in [2.24, 2.45) is 16.6 Å². The molecule has 0 aromatic rings. The summed E-state index contributed by atoms with van der Waals surface area (Å²) in [5, 5.41) is 0. The Balaban J connectivity index is 2.36. The van der Waals surface area contributed by atoms with Gasteiger partial charge in [-0.25, -0.2) is 0 Å². The van der Waals surface area contributed by atoms with Gasteiger partial charge in [0.05, 0.1) is 12.4 Å². The molecular formula is C10H20N2O3. The van der Waals surface area contributed by atoms with Gasteiger partial charge < -0.3 is 19.9 Å². The molecule has 0 radical (unpaired) electrons. The Hall–Kier alpha value is -0.650. The zero-order chi connectivity index (χ0) is 11.1. The van der Waals surface area contributed by atoms with Gasteiger partial charge in [-0.15, -0.1) is 0 Å². The molecule has 0 atom stereocenters. The van der Waals surface area contributed by atoms with Crippen molar-refractivity contribution in [3.8, 4) is 0 Å². The molecule has 1 saturated heterocycles. The topological polar surface area (TPSA) is 66.1 Å². The van der Waals surface area contributed by atoms with Crippen molar-refractivity contribution in [3.05, 3.63) is 0 Å². The molecule has 0 aromatic heterocycles. The van der Waals surface area contributed by atoms with E-state index in [9.17, 15) is 0 Å². The fraction of sp³-hybridized carbons (Fsp3) is 0.900. The van der Waals surface area contributed by atoms with Gasteiger partial charge in [0.15, 0.2) is 6.29 Å². The van der Waals surface area contributed by atoms with Crippen LogP contribution in [0.5, 0.6) is 0 Å². The number of nitrogens with zero attached hydrogens (tertiary/aromatic N) is 1. The fourth-order valence-electron chi connectivity index (χ4n) is 1.55. The summed E-state index contributed by atoms with van der Waals surface area (Å²) in [5.41, 5.74) is 5.89. The number of rotatable bonds is 5. The largest absolute Gasteiger partial charge is 0.387 e. The molecule has 2 N–H and O–H groups in total. The highest BCUT2D eigenvalue weighted by atomic mass is 16.7. The molecular weight excluding hydrogens is 196 g/mol. The van der Waals surface area contributed by atoms with Crippen molar-refractivity contribution in [2.45, 2.75) is 19.1 Å². The number of amidine groups is 1. The zero-order valence-corrected chi connectivity index (χ0v) is 9.44. The van der Waals surface area contributed by atoms with Crippen LogP contribution in [0, 0.1) is 5.92 Å². The van der Waals surface area contributed by atoms with Gasteiger partial charge >= 0.3 is 0 Å². The van der Waals surface area contributed by atoms with Crippen molar-refractivity contribution < 1.29 is 14.2 Å². The predicted octanol–water partition coefficient (Wildman–Crippen LogP) is 0.389. The average Bonchev–Trinajstić information content (AvgIpc) is 2.31. The quantitative estimate of drug-likeness (QED) is 0.410. The smallest absolute Gasteiger partial charge is 0.176 e. The number of nitrogens with two attached hydrogens (primary N) is 1. The lowest BCUT2D eigenvalue weighted by molar-refractivity contribution is -0.0937. The third kappa shape index (κ3) is 4.15. The van der Waals surface area contributed by atoms with E-state index >= 15 is 0 Å². The molecule has 15 heavy (non-hydrogen) atoms. The monoisotopic (exact) mass is 216 g/mol. The van der Waals surface area contributed by atoms with Crippen LogP contribution in [0.4, 0.5) is 0 Å². The first-order valence-corrected chi connectivity index (χ1v) is 5.21. The van der Waals surface area contributed by atoms with Crippen molar-refractivity contribution in [1.29, 1.82) is 0 Å². The second kappa shape index (κ2) is 6.76. The highest BCUT2D eigenvalue weighted by molar-refractivity contribution is 5.82. The summed E-state index contributed by atoms with van der Waals surface area (Å²) in [4.78, 5) is 4.28. The first-order chi connectivity index (χ1) is 7.27. The molecule has 1 aliphatic heterocycles. The minimum absolute atomic E-state index is 0.302. The third-order valence-electron chi connectivity index (χ3n) is 2.59. The van der Waals surface area contributed by atoms with Gasteiger partial charge in [0.25, 0.3) is 0 Å². The van der Waals surface area contributed by atoms with Gasteiger partial charge in [-0.05, 0) is 12.8 Å². The van der Waals surface area contributed by atoms with Crippen molar-refractivity contribution >= 4 is 5.84 Å². The number of methoxy groups -OCH3 is 2. The Morgan fingerprint density at radius 1 is 1.40 bits per heavy atom. The standard InChI is InChI=1S/C10H20N2O3/c1-13-9(14-2)7-12-10(11)8-3-5-15-6-4-8/h8-9H,3-7H2,1-2H3,(H2,11,12). The molecule has 1 rings (SSSR count). The van der Waals surface area contributed by atoms with Crippen LogP contribution < -0.4 is 5.73 Å². The minimum Gasteiger partial charge on any atom is -0.387 e. The maximum atomic E-state index is 5.89. The van der Waals surface area contributed by atoms with Crippen LogP contribution >= 0.6 is 0 Å². The van der Waals surface area contributed by atoms with Gasteiger partial charge in [0, 0.05) is 33.4 Å². The summed E-state index contributed by atoms with van der Waals surface area (Å²) in [6.45, 7) is 2.01. The Morgan fingerprint density at radius 3 is 2.53 bits per heavy atom. The van der Waals surface area contributed by atoms with E-state index in [-0.39, 0.29) is 6.29 Å². The summed E-state index contributed by atoms with van der Waals surface area (Å²) in [6, 6.07) is 0. The molecule has 1 aliphatic rings. The third-order valence-corrected chi connectivity index (χ3v) is 2.59. The molecule has 5 nitrogen and oxygen atoms in total. The first-order valence-electron chi connectivity index (χ1n) is 5.21. The van der Waals surface area contributed by atoms with Crippen LogP contribution in [0.2, 0.25) is 0 Å². The van der Waals surface area contributed by atoms with Crippen LogP contribution in [0.25, 0.3) is 0 Å². The highest BCUT2D eigenvalue weighted by Gasteiger charge is 2.17. The fourth-order valence-corrected chi connectivity index (χ4v) is 1.55. The normalized spacial score (nSPS) is 19.8. The Morgan fingerprint density at radius 2 is 2.00 bits per heavy atom. The average molecular weight is 216 g/mol. The molecule has 88 valence electrons. The SMILES string of the molecule is COC(CN=C(N)C1CCOCC1)OC. The van der Waals surface area contributed by atoms with E-state index in [0.29, 0.717) is 18.3 Å². The lowest BCUT2D eigenvalue weighted by Crippen LogP contribution is -2.31. The van der Waals surface area contributed by atoms with E-state index in [1.165, 1.54) is 0 Å². The lowest BCUT2D eigenvalue weighted by atomic mass is 9.99. The maximum absolute atomic E-state index is 5.89. The van der Waals surface area contributed by atoms with E-state index in [2.05, 4.69) is 4.99 Å². The minimum atomic E-state index is -0.302. The van der Waals surface area contributed by atoms with E-state index in [1.54, 1.807) is 14.2 Å². The molecule has 0 amide bonds. The Labute approximate surface area is 90.6 Å². The molecule has 0 aliphatic carbocycles. The summed E-state index contributed by atoms with van der Waals surface area (Å²) in [5.74, 6) is 1.05. The second-order valence-electron chi connectivity index (χ2n) is 3.55. The molecule has 0 saturated carbocycles. The molecule has 1 fully saturated rings. The lowest BCUT2D eigenvalue weighted by Gasteiger charge is -2.21. The first kappa shape index (κ1) is 12.4. The molecule has 0 bridgehead atoms. The van der Waals surface area contributed by atoms with Crippen molar-refractivity contribution in [1.82, 2.24) is 0 Å². The number of aliphatic imine (C=N–C) groups is 1. The van der Waals surface area contributed by atoms with Gasteiger partial charge in [-0.3, -0.25) is 4.99 Å². The van der Waals surface area contributed by atoms with Crippen LogP contribution in [0.15, 0.2) is 4.99 Å². The van der Waals surface area contributed by atoms with Gasteiger partial charge in [0.1, 0.15) is 0 Å². The zero-order valence-electron chi connectivity index (χ0n) is 9.44. The van der Waals surface area contributed by atoms with E-state index < -0.39 is 0 Å². The predicted molar refractivity (Wildman–Crippen MR) is 57.8 cm³/mol. The summed E-state index contributed by atoms with van der Waals surface area (Å²) in [7, 11) is 3.18. The molecule has 0 unspecified atom stereocenters. The number of hydrogen-bond donors (Lipinski definition) is 1. The molecule has 0 spiro atoms. The van der Waals surface area contributed by atoms with Gasteiger partial charge in [-0.2, -0.15) is 0 Å². The van der Waals surface area contributed by atoms with Gasteiger partial charge in [-0.1, -0.05) is 0 Å². The summed E-state index contributed by atoms with van der Waals surface area (Å²) >= 11 is 0. The van der Waals surface area contributed by atoms with Crippen LogP contribution in [-0.4, -0.2) is 46.1 Å². The van der Waals surface area contributed by atoms with E-state index in [4.69, 9.17) is 19.9 Å².